The minimum absolute atomic E-state index is 0.288. The molecule has 22 heavy (non-hydrogen) atoms. The van der Waals surface area contributed by atoms with Crippen LogP contribution in [0.15, 0.2) is 0 Å². The van der Waals surface area contributed by atoms with Crippen LogP contribution >= 0.6 is 0 Å². The second-order valence-corrected chi connectivity index (χ2v) is 4.85. The minimum Gasteiger partial charge on any atom is -0.457 e. The molecule has 0 aliphatic carbocycles. The molecule has 5 atom stereocenters. The average Bonchev–Trinajstić information content (AvgIpc) is 2.49. The highest BCUT2D eigenvalue weighted by Gasteiger charge is 2.49. The molecule has 5 unspecified atom stereocenters. The Morgan fingerprint density at radius 2 is 1.64 bits per heavy atom. The number of carbonyl (C=O) groups excluding carboxylic acids is 1. The summed E-state index contributed by atoms with van der Waals surface area (Å²) in [7, 11) is 1.55. The molecule has 1 saturated heterocycles. The molecule has 0 saturated carbocycles. The molecule has 7 heteroatoms. The Morgan fingerprint density at radius 1 is 1.00 bits per heavy atom. The molecular weight excluding hydrogens is 292 g/mol. The van der Waals surface area contributed by atoms with Crippen LogP contribution in [-0.2, 0) is 33.2 Å². The van der Waals surface area contributed by atoms with Crippen molar-refractivity contribution in [3.63, 3.8) is 0 Å². The molecule has 0 radical (unpaired) electrons. The van der Waals surface area contributed by atoms with E-state index in [-0.39, 0.29) is 6.61 Å². The van der Waals surface area contributed by atoms with Gasteiger partial charge < -0.3 is 28.4 Å². The van der Waals surface area contributed by atoms with Crippen LogP contribution in [0.4, 0.5) is 0 Å². The molecule has 1 aliphatic heterocycles. The van der Waals surface area contributed by atoms with E-state index in [1.165, 1.54) is 6.92 Å². The van der Waals surface area contributed by atoms with Gasteiger partial charge in [-0.05, 0) is 20.8 Å². The zero-order valence-corrected chi connectivity index (χ0v) is 14.1. The first-order chi connectivity index (χ1) is 10.6. The molecule has 130 valence electrons. The Labute approximate surface area is 132 Å². The highest BCUT2D eigenvalue weighted by Crippen LogP contribution is 2.29. The molecule has 0 aromatic heterocycles. The lowest BCUT2D eigenvalue weighted by Crippen LogP contribution is -2.62. The lowest BCUT2D eigenvalue weighted by molar-refractivity contribution is -0.312. The second kappa shape index (κ2) is 10.1. The highest BCUT2D eigenvalue weighted by atomic mass is 16.7. The molecule has 1 fully saturated rings. The van der Waals surface area contributed by atoms with Gasteiger partial charge >= 0.3 is 5.97 Å². The molecule has 1 aliphatic rings. The first-order valence-corrected chi connectivity index (χ1v) is 7.75. The fourth-order valence-electron chi connectivity index (χ4n) is 2.52. The summed E-state index contributed by atoms with van der Waals surface area (Å²) in [4.78, 5) is 11.5. The molecule has 1 heterocycles. The van der Waals surface area contributed by atoms with Crippen molar-refractivity contribution in [3.8, 4) is 0 Å². The summed E-state index contributed by atoms with van der Waals surface area (Å²) < 4.78 is 33.6. The van der Waals surface area contributed by atoms with E-state index < -0.39 is 36.7 Å². The predicted molar refractivity (Wildman–Crippen MR) is 78.5 cm³/mol. The van der Waals surface area contributed by atoms with Crippen LogP contribution in [0.1, 0.15) is 27.7 Å². The van der Waals surface area contributed by atoms with Gasteiger partial charge in [-0.3, -0.25) is 4.79 Å². The largest absolute Gasteiger partial charge is 0.457 e. The van der Waals surface area contributed by atoms with Crippen molar-refractivity contribution < 1.29 is 33.2 Å². The van der Waals surface area contributed by atoms with Crippen molar-refractivity contribution in [3.05, 3.63) is 0 Å². The zero-order valence-electron chi connectivity index (χ0n) is 14.1. The van der Waals surface area contributed by atoms with E-state index in [1.54, 1.807) is 7.11 Å². The monoisotopic (exact) mass is 320 g/mol. The van der Waals surface area contributed by atoms with E-state index in [9.17, 15) is 4.79 Å². The fraction of sp³-hybridized carbons (Fsp3) is 0.933. The summed E-state index contributed by atoms with van der Waals surface area (Å²) in [6, 6.07) is 0. The van der Waals surface area contributed by atoms with Crippen molar-refractivity contribution in [1.29, 1.82) is 0 Å². The molecule has 0 bridgehead atoms. The third-order valence-electron chi connectivity index (χ3n) is 3.33. The summed E-state index contributed by atoms with van der Waals surface area (Å²) in [6.07, 6.45) is -2.63. The minimum atomic E-state index is -0.605. The number of esters is 1. The summed E-state index contributed by atoms with van der Waals surface area (Å²) in [6.45, 7) is 8.77. The SMILES string of the molecule is CCOCC1OC(OC)C(OCC)C(OCC)C1OC(C)=O. The Balaban J connectivity index is 2.99. The van der Waals surface area contributed by atoms with E-state index in [4.69, 9.17) is 28.4 Å². The third kappa shape index (κ3) is 5.17. The lowest BCUT2D eigenvalue weighted by atomic mass is 9.98. The van der Waals surface area contributed by atoms with Gasteiger partial charge in [0.15, 0.2) is 12.4 Å². The van der Waals surface area contributed by atoms with Crippen molar-refractivity contribution in [1.82, 2.24) is 0 Å². The van der Waals surface area contributed by atoms with Crippen molar-refractivity contribution >= 4 is 5.97 Å². The van der Waals surface area contributed by atoms with E-state index >= 15 is 0 Å². The van der Waals surface area contributed by atoms with E-state index in [0.29, 0.717) is 19.8 Å². The van der Waals surface area contributed by atoms with E-state index in [0.717, 1.165) is 0 Å². The lowest BCUT2D eigenvalue weighted by Gasteiger charge is -2.44. The fourth-order valence-corrected chi connectivity index (χ4v) is 2.52. The van der Waals surface area contributed by atoms with Crippen LogP contribution in [0.5, 0.6) is 0 Å². The Bertz CT molecular complexity index is 323. The Kier molecular flexibility index (Phi) is 8.89. The van der Waals surface area contributed by atoms with Crippen LogP contribution in [0, 0.1) is 0 Å². The van der Waals surface area contributed by atoms with E-state index in [1.807, 2.05) is 20.8 Å². The van der Waals surface area contributed by atoms with Crippen LogP contribution < -0.4 is 0 Å². The van der Waals surface area contributed by atoms with Gasteiger partial charge in [-0.25, -0.2) is 0 Å². The molecule has 0 N–H and O–H groups in total. The standard InChI is InChI=1S/C15H28O7/c1-6-18-9-11-12(21-10(4)16)13(19-7-2)14(20-8-3)15(17-5)22-11/h11-15H,6-9H2,1-5H3. The van der Waals surface area contributed by atoms with Gasteiger partial charge in [0.05, 0.1) is 6.61 Å². The topological polar surface area (TPSA) is 72.5 Å². The van der Waals surface area contributed by atoms with E-state index in [2.05, 4.69) is 0 Å². The van der Waals surface area contributed by atoms with Crippen molar-refractivity contribution in [2.75, 3.05) is 33.5 Å². The summed E-state index contributed by atoms with van der Waals surface area (Å²) in [5.41, 5.74) is 0. The predicted octanol–water partition coefficient (Wildman–Crippen LogP) is 1.14. The Morgan fingerprint density at radius 3 is 2.14 bits per heavy atom. The number of rotatable bonds is 9. The number of methoxy groups -OCH3 is 1. The molecule has 1 rings (SSSR count). The van der Waals surface area contributed by atoms with Crippen LogP contribution in [0.2, 0.25) is 0 Å². The molecule has 0 amide bonds. The van der Waals surface area contributed by atoms with Crippen LogP contribution in [0.25, 0.3) is 0 Å². The maximum absolute atomic E-state index is 11.5. The quantitative estimate of drug-likeness (QED) is 0.590. The number of hydrogen-bond acceptors (Lipinski definition) is 7. The third-order valence-corrected chi connectivity index (χ3v) is 3.33. The zero-order chi connectivity index (χ0) is 16.5. The van der Waals surface area contributed by atoms with Gasteiger partial charge in [-0.2, -0.15) is 0 Å². The first-order valence-electron chi connectivity index (χ1n) is 7.75. The summed E-state index contributed by atoms with van der Waals surface area (Å²) >= 11 is 0. The Hall–Kier alpha value is -0.730. The second-order valence-electron chi connectivity index (χ2n) is 4.85. The highest BCUT2D eigenvalue weighted by molar-refractivity contribution is 5.66. The number of hydrogen-bond donors (Lipinski definition) is 0. The average molecular weight is 320 g/mol. The molecule has 0 aromatic carbocycles. The van der Waals surface area contributed by atoms with Crippen molar-refractivity contribution in [2.24, 2.45) is 0 Å². The van der Waals surface area contributed by atoms with Gasteiger partial charge in [-0.1, -0.05) is 0 Å². The van der Waals surface area contributed by atoms with Gasteiger partial charge in [-0.15, -0.1) is 0 Å². The molecule has 7 nitrogen and oxygen atoms in total. The number of carbonyl (C=O) groups is 1. The maximum atomic E-state index is 11.5. The summed E-state index contributed by atoms with van der Waals surface area (Å²) in [5.74, 6) is -0.397. The summed E-state index contributed by atoms with van der Waals surface area (Å²) in [5, 5.41) is 0. The molecule has 0 aromatic rings. The molecule has 0 spiro atoms. The van der Waals surface area contributed by atoms with Gasteiger partial charge in [0, 0.05) is 33.9 Å². The molecular formula is C15H28O7. The van der Waals surface area contributed by atoms with Crippen LogP contribution in [-0.4, -0.2) is 70.2 Å². The van der Waals surface area contributed by atoms with Gasteiger partial charge in [0.2, 0.25) is 0 Å². The smallest absolute Gasteiger partial charge is 0.303 e. The number of ether oxygens (including phenoxy) is 6. The first kappa shape index (κ1) is 19.3. The van der Waals surface area contributed by atoms with Crippen LogP contribution in [0.3, 0.4) is 0 Å². The van der Waals surface area contributed by atoms with Gasteiger partial charge in [0.25, 0.3) is 0 Å². The normalized spacial score (nSPS) is 32.0. The van der Waals surface area contributed by atoms with Crippen molar-refractivity contribution in [2.45, 2.75) is 58.4 Å². The maximum Gasteiger partial charge on any atom is 0.303 e. The van der Waals surface area contributed by atoms with Gasteiger partial charge in [0.1, 0.15) is 18.3 Å².